The predicted octanol–water partition coefficient (Wildman–Crippen LogP) is 1.43. The van der Waals surface area contributed by atoms with Gasteiger partial charge in [-0.2, -0.15) is 0 Å². The topological polar surface area (TPSA) is 86.7 Å². The minimum Gasteiger partial charge on any atom is -0.481 e. The van der Waals surface area contributed by atoms with E-state index in [1.54, 1.807) is 11.2 Å². The summed E-state index contributed by atoms with van der Waals surface area (Å²) in [7, 11) is -0.833. The van der Waals surface area contributed by atoms with Crippen molar-refractivity contribution in [3.05, 3.63) is 0 Å². The lowest BCUT2D eigenvalue weighted by Crippen LogP contribution is -2.49. The summed E-state index contributed by atoms with van der Waals surface area (Å²) >= 11 is 0. The second kappa shape index (κ2) is 8.36. The molecular weight excluding hydrogens is 292 g/mol. The first-order chi connectivity index (χ1) is 9.91. The molecule has 2 amide bonds. The zero-order chi connectivity index (χ0) is 15.9. The van der Waals surface area contributed by atoms with E-state index < -0.39 is 22.2 Å². The number of urea groups is 1. The van der Waals surface area contributed by atoms with Gasteiger partial charge in [-0.3, -0.25) is 9.00 Å². The van der Waals surface area contributed by atoms with Gasteiger partial charge in [0, 0.05) is 42.4 Å². The molecule has 0 radical (unpaired) electrons. The SMILES string of the molecule is CCCC1(C(=O)O)CCN(C(=O)NCCCS(C)=O)CC1. The van der Waals surface area contributed by atoms with Gasteiger partial charge in [0.1, 0.15) is 0 Å². The highest BCUT2D eigenvalue weighted by molar-refractivity contribution is 7.84. The Morgan fingerprint density at radius 3 is 2.43 bits per heavy atom. The van der Waals surface area contributed by atoms with Crippen LogP contribution in [0.1, 0.15) is 39.0 Å². The van der Waals surface area contributed by atoms with E-state index in [2.05, 4.69) is 5.32 Å². The molecule has 1 heterocycles. The van der Waals surface area contributed by atoms with E-state index in [1.807, 2.05) is 6.92 Å². The third-order valence-corrected chi connectivity index (χ3v) is 4.94. The summed E-state index contributed by atoms with van der Waals surface area (Å²) < 4.78 is 10.9. The molecule has 0 saturated carbocycles. The van der Waals surface area contributed by atoms with Crippen LogP contribution in [-0.2, 0) is 15.6 Å². The third-order valence-electron chi connectivity index (χ3n) is 4.07. The molecule has 1 saturated heterocycles. The van der Waals surface area contributed by atoms with Crippen LogP contribution in [-0.4, -0.2) is 57.9 Å². The zero-order valence-electron chi connectivity index (χ0n) is 12.9. The smallest absolute Gasteiger partial charge is 0.317 e. The van der Waals surface area contributed by atoms with E-state index in [0.29, 0.717) is 51.1 Å². The lowest BCUT2D eigenvalue weighted by Gasteiger charge is -2.38. The molecule has 1 aliphatic heterocycles. The summed E-state index contributed by atoms with van der Waals surface area (Å²) in [6.07, 6.45) is 4.88. The van der Waals surface area contributed by atoms with Crippen LogP contribution in [0.5, 0.6) is 0 Å². The average molecular weight is 318 g/mol. The van der Waals surface area contributed by atoms with Crippen LogP contribution in [0.15, 0.2) is 0 Å². The Kier molecular flexibility index (Phi) is 7.14. The molecule has 6 nitrogen and oxygen atoms in total. The van der Waals surface area contributed by atoms with Crippen molar-refractivity contribution in [3.8, 4) is 0 Å². The van der Waals surface area contributed by atoms with E-state index in [4.69, 9.17) is 0 Å². The van der Waals surface area contributed by atoms with Crippen LogP contribution < -0.4 is 5.32 Å². The number of carbonyl (C=O) groups excluding carboxylic acids is 1. The number of likely N-dealkylation sites (tertiary alicyclic amines) is 1. The van der Waals surface area contributed by atoms with E-state index in [9.17, 15) is 18.9 Å². The van der Waals surface area contributed by atoms with Crippen LogP contribution in [0.3, 0.4) is 0 Å². The first kappa shape index (κ1) is 17.9. The molecule has 1 aliphatic rings. The molecule has 1 fully saturated rings. The molecule has 1 atom stereocenters. The normalized spacial score (nSPS) is 19.0. The van der Waals surface area contributed by atoms with Crippen molar-refractivity contribution in [2.24, 2.45) is 5.41 Å². The van der Waals surface area contributed by atoms with Crippen molar-refractivity contribution in [1.29, 1.82) is 0 Å². The van der Waals surface area contributed by atoms with Crippen LogP contribution in [0.4, 0.5) is 4.79 Å². The van der Waals surface area contributed by atoms with Crippen molar-refractivity contribution in [2.45, 2.75) is 39.0 Å². The van der Waals surface area contributed by atoms with Gasteiger partial charge in [0.05, 0.1) is 5.41 Å². The van der Waals surface area contributed by atoms with Crippen molar-refractivity contribution < 1.29 is 18.9 Å². The molecule has 0 spiro atoms. The third kappa shape index (κ3) is 5.30. The van der Waals surface area contributed by atoms with E-state index >= 15 is 0 Å². The zero-order valence-corrected chi connectivity index (χ0v) is 13.7. The Labute approximate surface area is 128 Å². The average Bonchev–Trinajstić information content (AvgIpc) is 2.44. The van der Waals surface area contributed by atoms with Crippen LogP contribution in [0.2, 0.25) is 0 Å². The van der Waals surface area contributed by atoms with Gasteiger partial charge in [-0.15, -0.1) is 0 Å². The number of carboxylic acids is 1. The first-order valence-electron chi connectivity index (χ1n) is 7.47. The minimum atomic E-state index is -0.833. The molecule has 0 aromatic heterocycles. The van der Waals surface area contributed by atoms with Gasteiger partial charge in [-0.1, -0.05) is 13.3 Å². The van der Waals surface area contributed by atoms with Gasteiger partial charge >= 0.3 is 12.0 Å². The Hall–Kier alpha value is -1.11. The van der Waals surface area contributed by atoms with Gasteiger partial charge in [-0.25, -0.2) is 4.79 Å². The van der Waals surface area contributed by atoms with Crippen LogP contribution in [0.25, 0.3) is 0 Å². The van der Waals surface area contributed by atoms with Crippen molar-refractivity contribution in [1.82, 2.24) is 10.2 Å². The van der Waals surface area contributed by atoms with E-state index in [-0.39, 0.29) is 6.03 Å². The number of nitrogens with one attached hydrogen (secondary N) is 1. The fourth-order valence-electron chi connectivity index (χ4n) is 2.77. The molecular formula is C14H26N2O4S. The van der Waals surface area contributed by atoms with Gasteiger partial charge in [0.2, 0.25) is 0 Å². The highest BCUT2D eigenvalue weighted by Gasteiger charge is 2.41. The quantitative estimate of drug-likeness (QED) is 0.695. The maximum absolute atomic E-state index is 12.0. The highest BCUT2D eigenvalue weighted by atomic mass is 32.2. The highest BCUT2D eigenvalue weighted by Crippen LogP contribution is 2.36. The van der Waals surface area contributed by atoms with Gasteiger partial charge in [0.15, 0.2) is 0 Å². The molecule has 0 aromatic rings. The molecule has 0 aliphatic carbocycles. The molecule has 21 heavy (non-hydrogen) atoms. The number of rotatable bonds is 7. The molecule has 7 heteroatoms. The largest absolute Gasteiger partial charge is 0.481 e. The van der Waals surface area contributed by atoms with E-state index in [1.165, 1.54) is 0 Å². The number of carboxylic acid groups (broad SMARTS) is 1. The number of hydrogen-bond donors (Lipinski definition) is 2. The Morgan fingerprint density at radius 2 is 1.95 bits per heavy atom. The second-order valence-corrected chi connectivity index (χ2v) is 7.24. The van der Waals surface area contributed by atoms with Gasteiger partial charge < -0.3 is 15.3 Å². The maximum Gasteiger partial charge on any atom is 0.317 e. The summed E-state index contributed by atoms with van der Waals surface area (Å²) in [4.78, 5) is 25.1. The van der Waals surface area contributed by atoms with Gasteiger partial charge in [-0.05, 0) is 25.7 Å². The molecule has 2 N–H and O–H groups in total. The Bertz CT molecular complexity index is 392. The summed E-state index contributed by atoms with van der Waals surface area (Å²) in [5.74, 6) is -0.159. The number of piperidine rings is 1. The number of nitrogens with zero attached hydrogens (tertiary/aromatic N) is 1. The van der Waals surface area contributed by atoms with Crippen molar-refractivity contribution in [3.63, 3.8) is 0 Å². The summed E-state index contributed by atoms with van der Waals surface area (Å²) in [5, 5.41) is 12.2. The molecule has 1 unspecified atom stereocenters. The van der Waals surface area contributed by atoms with Gasteiger partial charge in [0.25, 0.3) is 0 Å². The predicted molar refractivity (Wildman–Crippen MR) is 82.7 cm³/mol. The standard InChI is InChI=1S/C14H26N2O4S/c1-3-5-14(12(17)18)6-9-16(10-7-14)13(19)15-8-4-11-21(2)20/h3-11H2,1-2H3,(H,15,19)(H,17,18). The lowest BCUT2D eigenvalue weighted by molar-refractivity contribution is -0.152. The minimum absolute atomic E-state index is 0.146. The van der Waals surface area contributed by atoms with Crippen molar-refractivity contribution in [2.75, 3.05) is 31.6 Å². The van der Waals surface area contributed by atoms with Crippen LogP contribution >= 0.6 is 0 Å². The summed E-state index contributed by atoms with van der Waals surface area (Å²) in [5.41, 5.74) is -0.662. The molecule has 0 bridgehead atoms. The Balaban J connectivity index is 2.39. The fourth-order valence-corrected chi connectivity index (χ4v) is 3.32. The number of hydrogen-bond acceptors (Lipinski definition) is 3. The maximum atomic E-state index is 12.0. The van der Waals surface area contributed by atoms with Crippen LogP contribution in [0, 0.1) is 5.41 Å². The Morgan fingerprint density at radius 1 is 1.33 bits per heavy atom. The fraction of sp³-hybridized carbons (Fsp3) is 0.857. The molecule has 0 aromatic carbocycles. The number of carbonyl (C=O) groups is 2. The molecule has 1 rings (SSSR count). The number of amides is 2. The number of aliphatic carboxylic acids is 1. The van der Waals surface area contributed by atoms with E-state index in [0.717, 1.165) is 6.42 Å². The summed E-state index contributed by atoms with van der Waals surface area (Å²) in [6, 6.07) is -0.146. The lowest BCUT2D eigenvalue weighted by atomic mass is 9.75. The second-order valence-electron chi connectivity index (χ2n) is 5.69. The monoisotopic (exact) mass is 318 g/mol. The first-order valence-corrected chi connectivity index (χ1v) is 9.20. The van der Waals surface area contributed by atoms with Crippen molar-refractivity contribution >= 4 is 22.8 Å². The molecule has 122 valence electrons. The summed E-state index contributed by atoms with van der Waals surface area (Å²) in [6.45, 7) is 3.46.